The molecule has 1 N–H and O–H groups in total. The van der Waals surface area contributed by atoms with E-state index in [1.807, 2.05) is 55.8 Å². The quantitative estimate of drug-likeness (QED) is 0.415. The van der Waals surface area contributed by atoms with E-state index in [0.29, 0.717) is 11.3 Å². The number of carbonyl (C=O) groups is 2. The van der Waals surface area contributed by atoms with Gasteiger partial charge in [-0.15, -0.1) is 0 Å². The van der Waals surface area contributed by atoms with E-state index in [4.69, 9.17) is 4.74 Å². The Morgan fingerprint density at radius 2 is 1.70 bits per heavy atom. The summed E-state index contributed by atoms with van der Waals surface area (Å²) in [4.78, 5) is 29.1. The topological polar surface area (TPSA) is 73.2 Å². The molecule has 0 bridgehead atoms. The molecule has 7 heteroatoms. The third kappa shape index (κ3) is 5.10. The molecule has 0 aliphatic carbocycles. The highest BCUT2D eigenvalue weighted by Gasteiger charge is 2.19. The molecule has 3 aromatic rings. The van der Waals surface area contributed by atoms with Crippen molar-refractivity contribution in [1.29, 1.82) is 0 Å². The molecule has 0 fully saturated rings. The first kappa shape index (κ1) is 21.6. The monoisotopic (exact) mass is 423 g/mol. The third-order valence-corrected chi connectivity index (χ3v) is 5.65. The van der Waals surface area contributed by atoms with Crippen LogP contribution < -0.4 is 10.1 Å². The summed E-state index contributed by atoms with van der Waals surface area (Å²) in [5.74, 6) is 0.635. The predicted octanol–water partition coefficient (Wildman–Crippen LogP) is 4.84. The normalized spacial score (nSPS) is 11.9. The fraction of sp³-hybridized carbons (Fsp3) is 0.261. The highest BCUT2D eigenvalue weighted by atomic mass is 32.2. The van der Waals surface area contributed by atoms with E-state index < -0.39 is 0 Å². The van der Waals surface area contributed by atoms with Crippen molar-refractivity contribution in [2.45, 2.75) is 31.2 Å². The molecule has 156 valence electrons. The minimum absolute atomic E-state index is 0.00557. The van der Waals surface area contributed by atoms with E-state index in [9.17, 15) is 9.59 Å². The van der Waals surface area contributed by atoms with Crippen LogP contribution in [0.3, 0.4) is 0 Å². The average Bonchev–Trinajstić information content (AvgIpc) is 3.21. The highest BCUT2D eigenvalue weighted by Crippen LogP contribution is 2.27. The van der Waals surface area contributed by atoms with Gasteiger partial charge in [0.05, 0.1) is 12.4 Å². The molecule has 0 saturated heterocycles. The number of carbonyl (C=O) groups excluding carboxylic acids is 2. The molecule has 6 nitrogen and oxygen atoms in total. The molecule has 0 saturated carbocycles. The van der Waals surface area contributed by atoms with Crippen LogP contribution in [0.2, 0.25) is 0 Å². The first-order valence-electron chi connectivity index (χ1n) is 9.68. The van der Waals surface area contributed by atoms with Crippen molar-refractivity contribution in [3.05, 3.63) is 66.5 Å². The number of ketones is 1. The smallest absolute Gasteiger partial charge is 0.226 e. The van der Waals surface area contributed by atoms with Gasteiger partial charge in [-0.25, -0.2) is 4.98 Å². The van der Waals surface area contributed by atoms with Gasteiger partial charge in [0.2, 0.25) is 5.91 Å². The van der Waals surface area contributed by atoms with Crippen molar-refractivity contribution in [3.8, 4) is 11.4 Å². The summed E-state index contributed by atoms with van der Waals surface area (Å²) >= 11 is 1.40. The molecule has 0 radical (unpaired) electrons. The lowest BCUT2D eigenvalue weighted by atomic mass is 10.1. The van der Waals surface area contributed by atoms with Crippen LogP contribution >= 0.6 is 11.8 Å². The molecule has 1 amide bonds. The molecule has 1 atom stereocenters. The van der Waals surface area contributed by atoms with Crippen LogP contribution in [0.15, 0.2) is 66.1 Å². The van der Waals surface area contributed by atoms with Gasteiger partial charge in [-0.3, -0.25) is 14.2 Å². The molecule has 3 rings (SSSR count). The van der Waals surface area contributed by atoms with E-state index in [-0.39, 0.29) is 22.9 Å². The number of methoxy groups -OCH3 is 1. The van der Waals surface area contributed by atoms with Gasteiger partial charge in [0, 0.05) is 35.2 Å². The van der Waals surface area contributed by atoms with Crippen molar-refractivity contribution in [2.24, 2.45) is 5.92 Å². The second-order valence-corrected chi connectivity index (χ2v) is 8.43. The van der Waals surface area contributed by atoms with E-state index >= 15 is 0 Å². The van der Waals surface area contributed by atoms with Crippen molar-refractivity contribution in [2.75, 3.05) is 12.4 Å². The largest absolute Gasteiger partial charge is 0.497 e. The summed E-state index contributed by atoms with van der Waals surface area (Å²) in [5.41, 5.74) is 2.22. The van der Waals surface area contributed by atoms with Gasteiger partial charge in [0.25, 0.3) is 0 Å². The van der Waals surface area contributed by atoms with Crippen LogP contribution in [0.25, 0.3) is 5.69 Å². The molecule has 1 unspecified atom stereocenters. The minimum Gasteiger partial charge on any atom is -0.497 e. The van der Waals surface area contributed by atoms with Crippen molar-refractivity contribution in [3.63, 3.8) is 0 Å². The number of anilines is 1. The summed E-state index contributed by atoms with van der Waals surface area (Å²) < 4.78 is 7.15. The average molecular weight is 424 g/mol. The number of nitrogens with one attached hydrogen (secondary N) is 1. The second kappa shape index (κ2) is 9.63. The zero-order valence-corrected chi connectivity index (χ0v) is 18.3. The maximum atomic E-state index is 12.9. The van der Waals surface area contributed by atoms with Gasteiger partial charge < -0.3 is 10.1 Å². The SMILES string of the molecule is COc1ccc(-n2ccnc2SC(C)C(=O)c2ccc(NC(=O)C(C)C)cc2)cc1. The molecule has 1 heterocycles. The van der Waals surface area contributed by atoms with Crippen molar-refractivity contribution < 1.29 is 14.3 Å². The summed E-state index contributed by atoms with van der Waals surface area (Å²) in [7, 11) is 1.63. The van der Waals surface area contributed by atoms with Crippen LogP contribution in [0.5, 0.6) is 5.75 Å². The zero-order valence-electron chi connectivity index (χ0n) is 17.5. The van der Waals surface area contributed by atoms with Gasteiger partial charge in [-0.2, -0.15) is 0 Å². The van der Waals surface area contributed by atoms with Gasteiger partial charge in [-0.05, 0) is 55.5 Å². The summed E-state index contributed by atoms with van der Waals surface area (Å²) in [5, 5.41) is 3.25. The molecule has 0 aliphatic heterocycles. The Kier molecular flexibility index (Phi) is 6.95. The Morgan fingerprint density at radius 1 is 1.03 bits per heavy atom. The molecule has 1 aromatic heterocycles. The van der Waals surface area contributed by atoms with Crippen molar-refractivity contribution >= 4 is 29.1 Å². The standard InChI is InChI=1S/C23H25N3O3S/c1-15(2)22(28)25-18-7-5-17(6-8-18)21(27)16(3)30-23-24-13-14-26(23)19-9-11-20(29-4)12-10-19/h5-16H,1-4H3,(H,25,28). The number of benzene rings is 2. The van der Waals surface area contributed by atoms with Crippen LogP contribution in [0.4, 0.5) is 5.69 Å². The number of Topliss-reactive ketones (excluding diaryl/α,β-unsaturated/α-hetero) is 1. The van der Waals surface area contributed by atoms with Crippen LogP contribution in [-0.2, 0) is 4.79 Å². The number of thioether (sulfide) groups is 1. The maximum Gasteiger partial charge on any atom is 0.226 e. The fourth-order valence-electron chi connectivity index (χ4n) is 2.77. The number of rotatable bonds is 8. The van der Waals surface area contributed by atoms with Crippen LogP contribution in [0.1, 0.15) is 31.1 Å². The Morgan fingerprint density at radius 3 is 2.30 bits per heavy atom. The number of hydrogen-bond donors (Lipinski definition) is 1. The molecule has 2 aromatic carbocycles. The highest BCUT2D eigenvalue weighted by molar-refractivity contribution is 8.00. The van der Waals surface area contributed by atoms with Gasteiger partial charge >= 0.3 is 0 Å². The zero-order chi connectivity index (χ0) is 21.7. The minimum atomic E-state index is -0.319. The van der Waals surface area contributed by atoms with E-state index in [0.717, 1.165) is 16.6 Å². The number of amides is 1. The lowest BCUT2D eigenvalue weighted by Gasteiger charge is -2.13. The van der Waals surface area contributed by atoms with Gasteiger partial charge in [-0.1, -0.05) is 25.6 Å². The maximum absolute atomic E-state index is 12.9. The predicted molar refractivity (Wildman–Crippen MR) is 120 cm³/mol. The third-order valence-electron chi connectivity index (χ3n) is 4.57. The first-order chi connectivity index (χ1) is 14.4. The first-order valence-corrected chi connectivity index (χ1v) is 10.6. The molecule has 30 heavy (non-hydrogen) atoms. The molecule has 0 aliphatic rings. The number of hydrogen-bond acceptors (Lipinski definition) is 5. The van der Waals surface area contributed by atoms with Crippen LogP contribution in [0, 0.1) is 5.92 Å². The van der Waals surface area contributed by atoms with E-state index in [2.05, 4.69) is 10.3 Å². The summed E-state index contributed by atoms with van der Waals surface area (Å²) in [6.45, 7) is 5.54. The fourth-order valence-corrected chi connectivity index (χ4v) is 3.73. The van der Waals surface area contributed by atoms with Gasteiger partial charge in [0.15, 0.2) is 10.9 Å². The number of aromatic nitrogens is 2. The van der Waals surface area contributed by atoms with Crippen molar-refractivity contribution in [1.82, 2.24) is 9.55 Å². The van der Waals surface area contributed by atoms with Gasteiger partial charge in [0.1, 0.15) is 5.75 Å². The Hall–Kier alpha value is -3.06. The number of imidazole rings is 1. The Balaban J connectivity index is 1.69. The van der Waals surface area contributed by atoms with E-state index in [1.165, 1.54) is 11.8 Å². The molecular weight excluding hydrogens is 398 g/mol. The summed E-state index contributed by atoms with van der Waals surface area (Å²) in [6.07, 6.45) is 3.59. The second-order valence-electron chi connectivity index (χ2n) is 7.12. The van der Waals surface area contributed by atoms with Crippen LogP contribution in [-0.4, -0.2) is 33.6 Å². The number of nitrogens with zero attached hydrogens (tertiary/aromatic N) is 2. The Bertz CT molecular complexity index is 1010. The molecule has 0 spiro atoms. The van der Waals surface area contributed by atoms with E-state index in [1.54, 1.807) is 37.6 Å². The lowest BCUT2D eigenvalue weighted by molar-refractivity contribution is -0.118. The number of ether oxygens (including phenoxy) is 1. The molecular formula is C23H25N3O3S. The Labute approximate surface area is 180 Å². The summed E-state index contributed by atoms with van der Waals surface area (Å²) in [6, 6.07) is 14.7. The lowest BCUT2D eigenvalue weighted by Crippen LogP contribution is -2.18.